The van der Waals surface area contributed by atoms with E-state index in [1.807, 2.05) is 30.3 Å². The van der Waals surface area contributed by atoms with Gasteiger partial charge in [-0.05, 0) is 77.1 Å². The first kappa shape index (κ1) is 21.0. The van der Waals surface area contributed by atoms with Crippen LogP contribution in [-0.2, 0) is 17.6 Å². The third-order valence-electron chi connectivity index (χ3n) is 6.20. The SMILES string of the molecule is Cc1ccc(-c2ccc(NC(=O)Cc3ccc(-c4ccc5c(c4)CCO5)cc3)cc2)c(C)c1. The molecule has 4 aromatic carbocycles. The third-order valence-corrected chi connectivity index (χ3v) is 6.20. The molecular weight excluding hydrogens is 406 g/mol. The number of nitrogens with one attached hydrogen (secondary N) is 1. The molecule has 0 unspecified atom stereocenters. The standard InChI is InChI=1S/C30H27NO2/c1-20-3-13-28(21(2)17-20)24-8-11-27(12-9-24)31-30(32)18-22-4-6-23(7-5-22)25-10-14-29-26(19-25)15-16-33-29/h3-14,17,19H,15-16,18H2,1-2H3,(H,31,32). The number of rotatable bonds is 5. The van der Waals surface area contributed by atoms with Crippen LogP contribution in [0.5, 0.6) is 5.75 Å². The predicted molar refractivity (Wildman–Crippen MR) is 135 cm³/mol. The van der Waals surface area contributed by atoms with Crippen molar-refractivity contribution in [3.8, 4) is 28.0 Å². The lowest BCUT2D eigenvalue weighted by molar-refractivity contribution is -0.115. The first-order valence-electron chi connectivity index (χ1n) is 11.4. The maximum atomic E-state index is 12.6. The summed E-state index contributed by atoms with van der Waals surface area (Å²) in [7, 11) is 0. The summed E-state index contributed by atoms with van der Waals surface area (Å²) in [4.78, 5) is 12.6. The minimum absolute atomic E-state index is 0.0169. The number of fused-ring (bicyclic) bond motifs is 1. The number of hydrogen-bond acceptors (Lipinski definition) is 2. The van der Waals surface area contributed by atoms with Crippen LogP contribution in [0, 0.1) is 13.8 Å². The van der Waals surface area contributed by atoms with E-state index >= 15 is 0 Å². The van der Waals surface area contributed by atoms with Crippen LogP contribution in [0.25, 0.3) is 22.3 Å². The van der Waals surface area contributed by atoms with Gasteiger partial charge in [-0.15, -0.1) is 0 Å². The molecule has 4 aromatic rings. The van der Waals surface area contributed by atoms with Crippen molar-refractivity contribution in [1.29, 1.82) is 0 Å². The largest absolute Gasteiger partial charge is 0.493 e. The van der Waals surface area contributed by atoms with Crippen molar-refractivity contribution < 1.29 is 9.53 Å². The summed E-state index contributed by atoms with van der Waals surface area (Å²) < 4.78 is 5.59. The first-order chi connectivity index (χ1) is 16.0. The number of benzene rings is 4. The van der Waals surface area contributed by atoms with Gasteiger partial charge in [0.25, 0.3) is 0 Å². The highest BCUT2D eigenvalue weighted by Gasteiger charge is 2.13. The Morgan fingerprint density at radius 3 is 2.30 bits per heavy atom. The Bertz CT molecular complexity index is 1300. The Morgan fingerprint density at radius 2 is 1.55 bits per heavy atom. The molecule has 1 aliphatic rings. The van der Waals surface area contributed by atoms with E-state index in [0.29, 0.717) is 6.42 Å². The molecule has 0 bridgehead atoms. The number of ether oxygens (including phenoxy) is 1. The molecule has 3 nitrogen and oxygen atoms in total. The Hall–Kier alpha value is -3.85. The summed E-state index contributed by atoms with van der Waals surface area (Å²) in [6.45, 7) is 4.99. The number of aryl methyl sites for hydroxylation is 2. The molecule has 5 rings (SSSR count). The minimum atomic E-state index is -0.0169. The Labute approximate surface area is 195 Å². The van der Waals surface area contributed by atoms with Crippen LogP contribution in [0.15, 0.2) is 84.9 Å². The van der Waals surface area contributed by atoms with Gasteiger partial charge in [0.1, 0.15) is 5.75 Å². The third kappa shape index (κ3) is 4.68. The number of amides is 1. The molecule has 0 saturated heterocycles. The molecule has 0 atom stereocenters. The quantitative estimate of drug-likeness (QED) is 0.378. The Balaban J connectivity index is 1.22. The van der Waals surface area contributed by atoms with E-state index in [9.17, 15) is 4.79 Å². The summed E-state index contributed by atoms with van der Waals surface area (Å²) in [5.74, 6) is 0.978. The van der Waals surface area contributed by atoms with Crippen molar-refractivity contribution in [1.82, 2.24) is 0 Å². The monoisotopic (exact) mass is 433 g/mol. The van der Waals surface area contributed by atoms with Crippen molar-refractivity contribution in [2.45, 2.75) is 26.7 Å². The van der Waals surface area contributed by atoms with E-state index in [0.717, 1.165) is 41.2 Å². The zero-order chi connectivity index (χ0) is 22.8. The fraction of sp³-hybridized carbons (Fsp3) is 0.167. The van der Waals surface area contributed by atoms with Crippen LogP contribution < -0.4 is 10.1 Å². The lowest BCUT2D eigenvalue weighted by atomic mass is 9.98. The second-order valence-electron chi connectivity index (χ2n) is 8.74. The van der Waals surface area contributed by atoms with Crippen LogP contribution in [0.4, 0.5) is 5.69 Å². The maximum Gasteiger partial charge on any atom is 0.228 e. The highest BCUT2D eigenvalue weighted by atomic mass is 16.5. The summed E-state index contributed by atoms with van der Waals surface area (Å²) >= 11 is 0. The van der Waals surface area contributed by atoms with Crippen molar-refractivity contribution in [2.75, 3.05) is 11.9 Å². The van der Waals surface area contributed by atoms with Gasteiger partial charge in [0.05, 0.1) is 13.0 Å². The van der Waals surface area contributed by atoms with Gasteiger partial charge in [-0.1, -0.05) is 66.2 Å². The second kappa shape index (κ2) is 8.95. The molecule has 0 aliphatic carbocycles. The highest BCUT2D eigenvalue weighted by Crippen LogP contribution is 2.31. The van der Waals surface area contributed by atoms with E-state index in [1.54, 1.807) is 0 Å². The van der Waals surface area contributed by atoms with Gasteiger partial charge >= 0.3 is 0 Å². The molecule has 0 spiro atoms. The Kier molecular flexibility index (Phi) is 5.70. The van der Waals surface area contributed by atoms with Crippen molar-refractivity contribution >= 4 is 11.6 Å². The van der Waals surface area contributed by atoms with Gasteiger partial charge in [0.2, 0.25) is 5.91 Å². The topological polar surface area (TPSA) is 38.3 Å². The molecule has 1 N–H and O–H groups in total. The van der Waals surface area contributed by atoms with E-state index in [-0.39, 0.29) is 5.91 Å². The van der Waals surface area contributed by atoms with Gasteiger partial charge in [0, 0.05) is 12.1 Å². The maximum absolute atomic E-state index is 12.6. The lowest BCUT2D eigenvalue weighted by Crippen LogP contribution is -2.14. The molecule has 33 heavy (non-hydrogen) atoms. The number of carbonyl (C=O) groups excluding carboxylic acids is 1. The normalized spacial score (nSPS) is 12.2. The zero-order valence-electron chi connectivity index (χ0n) is 19.0. The first-order valence-corrected chi connectivity index (χ1v) is 11.4. The summed E-state index contributed by atoms with van der Waals surface area (Å²) in [6.07, 6.45) is 1.31. The van der Waals surface area contributed by atoms with Gasteiger partial charge in [-0.2, -0.15) is 0 Å². The van der Waals surface area contributed by atoms with Crippen LogP contribution in [0.3, 0.4) is 0 Å². The van der Waals surface area contributed by atoms with Gasteiger partial charge < -0.3 is 10.1 Å². The van der Waals surface area contributed by atoms with Crippen LogP contribution in [0.1, 0.15) is 22.3 Å². The second-order valence-corrected chi connectivity index (χ2v) is 8.74. The van der Waals surface area contributed by atoms with E-state index in [4.69, 9.17) is 4.74 Å². The molecular formula is C30H27NO2. The van der Waals surface area contributed by atoms with Gasteiger partial charge in [-0.3, -0.25) is 4.79 Å². The van der Waals surface area contributed by atoms with Crippen molar-refractivity contribution in [3.63, 3.8) is 0 Å². The minimum Gasteiger partial charge on any atom is -0.493 e. The Morgan fingerprint density at radius 1 is 0.818 bits per heavy atom. The predicted octanol–water partition coefficient (Wildman–Crippen LogP) is 6.75. The molecule has 0 radical (unpaired) electrons. The van der Waals surface area contributed by atoms with Gasteiger partial charge in [0.15, 0.2) is 0 Å². The fourth-order valence-corrected chi connectivity index (χ4v) is 4.44. The van der Waals surface area contributed by atoms with Crippen molar-refractivity contribution in [2.24, 2.45) is 0 Å². The van der Waals surface area contributed by atoms with Crippen LogP contribution in [-0.4, -0.2) is 12.5 Å². The van der Waals surface area contributed by atoms with Crippen LogP contribution >= 0.6 is 0 Å². The molecule has 1 heterocycles. The molecule has 1 aliphatic heterocycles. The average molecular weight is 434 g/mol. The lowest BCUT2D eigenvalue weighted by Gasteiger charge is -2.10. The highest BCUT2D eigenvalue weighted by molar-refractivity contribution is 5.92. The molecule has 1 amide bonds. The number of carbonyl (C=O) groups is 1. The average Bonchev–Trinajstić information content (AvgIpc) is 3.28. The summed E-state index contributed by atoms with van der Waals surface area (Å²) in [6, 6.07) is 29.1. The van der Waals surface area contributed by atoms with Gasteiger partial charge in [-0.25, -0.2) is 0 Å². The summed E-state index contributed by atoms with van der Waals surface area (Å²) in [5.41, 5.74) is 10.3. The molecule has 0 fully saturated rings. The molecule has 164 valence electrons. The van der Waals surface area contributed by atoms with E-state index in [2.05, 4.69) is 73.8 Å². The summed E-state index contributed by atoms with van der Waals surface area (Å²) in [5, 5.41) is 3.01. The van der Waals surface area contributed by atoms with E-state index < -0.39 is 0 Å². The number of hydrogen-bond donors (Lipinski definition) is 1. The van der Waals surface area contributed by atoms with Crippen LogP contribution in [0.2, 0.25) is 0 Å². The smallest absolute Gasteiger partial charge is 0.228 e. The molecule has 0 aromatic heterocycles. The fourth-order valence-electron chi connectivity index (χ4n) is 4.44. The zero-order valence-corrected chi connectivity index (χ0v) is 19.0. The molecule has 0 saturated carbocycles. The van der Waals surface area contributed by atoms with Crippen molar-refractivity contribution in [3.05, 3.63) is 107 Å². The molecule has 3 heteroatoms. The van der Waals surface area contributed by atoms with E-state index in [1.165, 1.54) is 27.8 Å². The number of anilines is 1.